The molecule has 1 aromatic heterocycles. The Bertz CT molecular complexity index is 535. The number of nitrogens with one attached hydrogen (secondary N) is 2. The van der Waals surface area contributed by atoms with Gasteiger partial charge in [0.1, 0.15) is 0 Å². The number of hydrogen-bond donors (Lipinski definition) is 3. The number of carbonyl (C=O) groups excluding carboxylic acids is 1. The van der Waals surface area contributed by atoms with Crippen molar-refractivity contribution >= 4 is 22.5 Å². The van der Waals surface area contributed by atoms with Crippen LogP contribution >= 0.6 is 0 Å². The van der Waals surface area contributed by atoms with Gasteiger partial charge in [-0.15, -0.1) is 0 Å². The van der Waals surface area contributed by atoms with Gasteiger partial charge in [0.15, 0.2) is 0 Å². The molecule has 1 unspecified atom stereocenters. The van der Waals surface area contributed by atoms with Crippen LogP contribution in [0.1, 0.15) is 26.2 Å². The maximum Gasteiger partial charge on any atom is 0.225 e. The molecule has 1 heterocycles. The molecular formula is C13H18N4O. The predicted molar refractivity (Wildman–Crippen MR) is 72.2 cm³/mol. The highest BCUT2D eigenvalue weighted by molar-refractivity contribution is 5.93. The van der Waals surface area contributed by atoms with E-state index < -0.39 is 0 Å². The van der Waals surface area contributed by atoms with Gasteiger partial charge in [0, 0.05) is 23.5 Å². The van der Waals surface area contributed by atoms with Gasteiger partial charge in [0.25, 0.3) is 0 Å². The molecule has 0 aliphatic carbocycles. The van der Waals surface area contributed by atoms with E-state index in [-0.39, 0.29) is 11.9 Å². The lowest BCUT2D eigenvalue weighted by atomic mass is 10.1. The fourth-order valence-corrected chi connectivity index (χ4v) is 1.94. The number of rotatable bonds is 5. The van der Waals surface area contributed by atoms with E-state index in [1.54, 1.807) is 6.20 Å². The highest BCUT2D eigenvalue weighted by Gasteiger charge is 2.09. The van der Waals surface area contributed by atoms with E-state index in [0.717, 1.165) is 29.4 Å². The van der Waals surface area contributed by atoms with Gasteiger partial charge in [-0.25, -0.2) is 0 Å². The first-order valence-electron chi connectivity index (χ1n) is 6.17. The normalized spacial score (nSPS) is 12.6. The van der Waals surface area contributed by atoms with Crippen LogP contribution < -0.4 is 11.1 Å². The summed E-state index contributed by atoms with van der Waals surface area (Å²) in [5.74, 6) is -0.0428. The van der Waals surface area contributed by atoms with Crippen LogP contribution in [0.4, 0.5) is 5.69 Å². The maximum absolute atomic E-state index is 11.8. The largest absolute Gasteiger partial charge is 0.327 e. The first-order valence-corrected chi connectivity index (χ1v) is 6.17. The summed E-state index contributed by atoms with van der Waals surface area (Å²) in [5.41, 5.74) is 7.57. The number of fused-ring (bicyclic) bond motifs is 1. The Morgan fingerprint density at radius 1 is 1.56 bits per heavy atom. The molecule has 1 atom stereocenters. The van der Waals surface area contributed by atoms with Gasteiger partial charge in [0.2, 0.25) is 5.91 Å². The number of amides is 1. The van der Waals surface area contributed by atoms with E-state index in [2.05, 4.69) is 22.4 Å². The molecule has 96 valence electrons. The average molecular weight is 246 g/mol. The molecule has 1 amide bonds. The van der Waals surface area contributed by atoms with Gasteiger partial charge in [-0.3, -0.25) is 9.89 Å². The first-order chi connectivity index (χ1) is 8.69. The fourth-order valence-electron chi connectivity index (χ4n) is 1.94. The molecule has 1 aromatic carbocycles. The fraction of sp³-hybridized carbons (Fsp3) is 0.385. The molecule has 0 spiro atoms. The molecule has 2 rings (SSSR count). The lowest BCUT2D eigenvalue weighted by Crippen LogP contribution is -2.26. The molecule has 5 nitrogen and oxygen atoms in total. The Kier molecular flexibility index (Phi) is 3.94. The number of anilines is 1. The molecule has 0 aliphatic rings. The van der Waals surface area contributed by atoms with Crippen molar-refractivity contribution in [3.8, 4) is 0 Å². The average Bonchev–Trinajstić information content (AvgIpc) is 2.76. The zero-order valence-corrected chi connectivity index (χ0v) is 10.4. The maximum atomic E-state index is 11.8. The molecule has 0 saturated carbocycles. The minimum absolute atomic E-state index is 0.0428. The second-order valence-corrected chi connectivity index (χ2v) is 4.47. The van der Waals surface area contributed by atoms with E-state index >= 15 is 0 Å². The lowest BCUT2D eigenvalue weighted by Gasteiger charge is -2.10. The van der Waals surface area contributed by atoms with Crippen LogP contribution in [0.15, 0.2) is 24.4 Å². The molecule has 0 saturated heterocycles. The zero-order valence-electron chi connectivity index (χ0n) is 10.4. The van der Waals surface area contributed by atoms with Gasteiger partial charge < -0.3 is 11.1 Å². The third-order valence-corrected chi connectivity index (χ3v) is 2.83. The first kappa shape index (κ1) is 12.6. The highest BCUT2D eigenvalue weighted by Crippen LogP contribution is 2.17. The predicted octanol–water partition coefficient (Wildman–Crippen LogP) is 2.02. The van der Waals surface area contributed by atoms with E-state index in [1.165, 1.54) is 0 Å². The number of nitrogens with zero attached hydrogens (tertiary/aromatic N) is 1. The molecule has 18 heavy (non-hydrogen) atoms. The summed E-state index contributed by atoms with van der Waals surface area (Å²) in [5, 5.41) is 10.6. The second-order valence-electron chi connectivity index (χ2n) is 4.47. The molecular weight excluding hydrogens is 228 g/mol. The second kappa shape index (κ2) is 5.64. The summed E-state index contributed by atoms with van der Waals surface area (Å²) < 4.78 is 0. The Morgan fingerprint density at radius 2 is 2.39 bits per heavy atom. The van der Waals surface area contributed by atoms with E-state index in [4.69, 9.17) is 5.73 Å². The van der Waals surface area contributed by atoms with Gasteiger partial charge in [-0.05, 0) is 24.6 Å². The summed E-state index contributed by atoms with van der Waals surface area (Å²) >= 11 is 0. The topological polar surface area (TPSA) is 83.8 Å². The Labute approximate surface area is 106 Å². The number of aromatic nitrogens is 2. The Morgan fingerprint density at radius 3 is 3.17 bits per heavy atom. The van der Waals surface area contributed by atoms with Crippen molar-refractivity contribution in [2.45, 2.75) is 32.2 Å². The summed E-state index contributed by atoms with van der Waals surface area (Å²) in [4.78, 5) is 11.8. The zero-order chi connectivity index (χ0) is 13.0. The van der Waals surface area contributed by atoms with Gasteiger partial charge >= 0.3 is 0 Å². The van der Waals surface area contributed by atoms with Crippen LogP contribution in [-0.2, 0) is 4.79 Å². The van der Waals surface area contributed by atoms with Crippen LogP contribution in [0.5, 0.6) is 0 Å². The van der Waals surface area contributed by atoms with Crippen LogP contribution in [0.2, 0.25) is 0 Å². The summed E-state index contributed by atoms with van der Waals surface area (Å²) in [7, 11) is 0. The Balaban J connectivity index is 1.97. The minimum atomic E-state index is -0.0624. The monoisotopic (exact) mass is 246 g/mol. The Hall–Kier alpha value is -1.88. The number of H-pyrrole nitrogens is 1. The van der Waals surface area contributed by atoms with Gasteiger partial charge in [0.05, 0.1) is 11.7 Å². The van der Waals surface area contributed by atoms with Gasteiger partial charge in [-0.2, -0.15) is 5.10 Å². The molecule has 2 aromatic rings. The van der Waals surface area contributed by atoms with Crippen LogP contribution in [0.3, 0.4) is 0 Å². The van der Waals surface area contributed by atoms with Crippen molar-refractivity contribution in [2.24, 2.45) is 5.73 Å². The van der Waals surface area contributed by atoms with Crippen molar-refractivity contribution in [3.63, 3.8) is 0 Å². The summed E-state index contributed by atoms with van der Waals surface area (Å²) in [6.45, 7) is 2.06. The molecule has 4 N–H and O–H groups in total. The quantitative estimate of drug-likeness (QED) is 0.754. The SMILES string of the molecule is CCCC(N)CC(=O)Nc1ccc2[nH]ncc2c1. The van der Waals surface area contributed by atoms with Crippen molar-refractivity contribution in [3.05, 3.63) is 24.4 Å². The van der Waals surface area contributed by atoms with E-state index in [1.807, 2.05) is 18.2 Å². The van der Waals surface area contributed by atoms with Crippen LogP contribution in [0, 0.1) is 0 Å². The van der Waals surface area contributed by atoms with Crippen molar-refractivity contribution in [1.82, 2.24) is 10.2 Å². The van der Waals surface area contributed by atoms with E-state index in [9.17, 15) is 4.79 Å². The lowest BCUT2D eigenvalue weighted by molar-refractivity contribution is -0.116. The number of hydrogen-bond acceptors (Lipinski definition) is 3. The molecule has 0 fully saturated rings. The molecule has 0 aliphatic heterocycles. The third-order valence-electron chi connectivity index (χ3n) is 2.83. The van der Waals surface area contributed by atoms with Crippen molar-refractivity contribution in [1.29, 1.82) is 0 Å². The number of aromatic amines is 1. The third kappa shape index (κ3) is 3.07. The van der Waals surface area contributed by atoms with Crippen molar-refractivity contribution in [2.75, 3.05) is 5.32 Å². The number of nitrogens with two attached hydrogens (primary N) is 1. The van der Waals surface area contributed by atoms with Crippen molar-refractivity contribution < 1.29 is 4.79 Å². The molecule has 5 heteroatoms. The number of carbonyl (C=O) groups is 1. The summed E-state index contributed by atoms with van der Waals surface area (Å²) in [6, 6.07) is 5.57. The standard InChI is InChI=1S/C13H18N4O/c1-2-3-10(14)7-13(18)16-11-4-5-12-9(6-11)8-15-17-12/h4-6,8,10H,2-3,7,14H2,1H3,(H,15,17)(H,16,18). The van der Waals surface area contributed by atoms with Gasteiger partial charge in [-0.1, -0.05) is 13.3 Å². The summed E-state index contributed by atoms with van der Waals surface area (Å²) in [6.07, 6.45) is 3.95. The highest BCUT2D eigenvalue weighted by atomic mass is 16.1. The molecule has 0 radical (unpaired) electrons. The van der Waals surface area contributed by atoms with Crippen LogP contribution in [-0.4, -0.2) is 22.1 Å². The van der Waals surface area contributed by atoms with Crippen LogP contribution in [0.25, 0.3) is 10.9 Å². The number of benzene rings is 1. The molecule has 0 bridgehead atoms. The van der Waals surface area contributed by atoms with E-state index in [0.29, 0.717) is 6.42 Å². The smallest absolute Gasteiger partial charge is 0.225 e. The minimum Gasteiger partial charge on any atom is -0.327 e.